The van der Waals surface area contributed by atoms with Gasteiger partial charge in [0, 0.05) is 10.4 Å². The molecule has 88 valence electrons. The van der Waals surface area contributed by atoms with Crippen LogP contribution in [-0.2, 0) is 0 Å². The Morgan fingerprint density at radius 1 is 1.47 bits per heavy atom. The highest BCUT2D eigenvalue weighted by molar-refractivity contribution is 6.31. The molecule has 0 saturated heterocycles. The molecule has 0 aliphatic heterocycles. The first kappa shape index (κ1) is 11.7. The van der Waals surface area contributed by atoms with Gasteiger partial charge in [0.2, 0.25) is 0 Å². The van der Waals surface area contributed by atoms with Gasteiger partial charge in [-0.2, -0.15) is 0 Å². The number of rotatable bonds is 2. The summed E-state index contributed by atoms with van der Waals surface area (Å²) < 4.78 is 5.10. The van der Waals surface area contributed by atoms with E-state index in [1.807, 2.05) is 0 Å². The van der Waals surface area contributed by atoms with Crippen molar-refractivity contribution in [3.05, 3.63) is 34.5 Å². The third-order valence-electron chi connectivity index (χ3n) is 2.49. The zero-order valence-corrected chi connectivity index (χ0v) is 10.1. The number of nitrogens with zero attached hydrogens (tertiary/aromatic N) is 1. The van der Waals surface area contributed by atoms with Gasteiger partial charge in [0.05, 0.1) is 18.3 Å². The van der Waals surface area contributed by atoms with Crippen LogP contribution < -0.4 is 4.74 Å². The first-order valence-corrected chi connectivity index (χ1v) is 5.29. The van der Waals surface area contributed by atoms with Crippen molar-refractivity contribution in [1.29, 1.82) is 0 Å². The summed E-state index contributed by atoms with van der Waals surface area (Å²) in [4.78, 5) is 15.6. The molecule has 0 atom stereocenters. The molecule has 4 nitrogen and oxygen atoms in total. The maximum atomic E-state index is 11.3. The molecular weight excluding hydrogens is 242 g/mol. The minimum Gasteiger partial charge on any atom is -0.494 e. The Kier molecular flexibility index (Phi) is 2.90. The van der Waals surface area contributed by atoms with Gasteiger partial charge in [-0.3, -0.25) is 0 Å². The molecule has 2 aromatic rings. The quantitative estimate of drug-likeness (QED) is 0.892. The highest BCUT2D eigenvalue weighted by Crippen LogP contribution is 2.31. The lowest BCUT2D eigenvalue weighted by molar-refractivity contribution is 0.0695. The van der Waals surface area contributed by atoms with E-state index in [0.717, 1.165) is 0 Å². The van der Waals surface area contributed by atoms with Crippen LogP contribution in [0.5, 0.6) is 5.75 Å². The number of hydrogen-bond donors (Lipinski definition) is 1. The largest absolute Gasteiger partial charge is 0.494 e. The van der Waals surface area contributed by atoms with E-state index in [9.17, 15) is 9.90 Å². The van der Waals surface area contributed by atoms with Crippen LogP contribution in [0.1, 0.15) is 16.1 Å². The van der Waals surface area contributed by atoms with Crippen molar-refractivity contribution in [3.63, 3.8) is 0 Å². The highest BCUT2D eigenvalue weighted by Gasteiger charge is 2.19. The van der Waals surface area contributed by atoms with Crippen LogP contribution in [0.25, 0.3) is 10.9 Å². The van der Waals surface area contributed by atoms with Gasteiger partial charge < -0.3 is 9.84 Å². The van der Waals surface area contributed by atoms with Crippen LogP contribution in [0.4, 0.5) is 0 Å². The molecule has 0 aliphatic rings. The van der Waals surface area contributed by atoms with Crippen LogP contribution in [0.3, 0.4) is 0 Å². The van der Waals surface area contributed by atoms with E-state index < -0.39 is 5.97 Å². The van der Waals surface area contributed by atoms with Gasteiger partial charge in [0.15, 0.2) is 5.75 Å². The summed E-state index contributed by atoms with van der Waals surface area (Å²) in [6.07, 6.45) is 0. The molecule has 0 unspecified atom stereocenters. The third-order valence-corrected chi connectivity index (χ3v) is 2.72. The van der Waals surface area contributed by atoms with E-state index in [4.69, 9.17) is 16.3 Å². The molecule has 0 radical (unpaired) electrons. The molecule has 17 heavy (non-hydrogen) atoms. The van der Waals surface area contributed by atoms with Crippen molar-refractivity contribution >= 4 is 28.5 Å². The van der Waals surface area contributed by atoms with Crippen molar-refractivity contribution in [2.45, 2.75) is 6.92 Å². The predicted octanol–water partition coefficient (Wildman–Crippen LogP) is 2.90. The van der Waals surface area contributed by atoms with E-state index in [0.29, 0.717) is 21.6 Å². The van der Waals surface area contributed by atoms with Gasteiger partial charge in [-0.15, -0.1) is 0 Å². The molecular formula is C12H10ClNO3. The Hall–Kier alpha value is -1.81. The normalized spacial score (nSPS) is 10.5. The van der Waals surface area contributed by atoms with Gasteiger partial charge in [-0.1, -0.05) is 11.6 Å². The summed E-state index contributed by atoms with van der Waals surface area (Å²) in [6.45, 7) is 1.71. The molecule has 1 N–H and O–H groups in total. The zero-order valence-electron chi connectivity index (χ0n) is 9.32. The second kappa shape index (κ2) is 4.22. The minimum atomic E-state index is -1.06. The lowest BCUT2D eigenvalue weighted by atomic mass is 10.1. The number of carboxylic acid groups (broad SMARTS) is 1. The fourth-order valence-corrected chi connectivity index (χ4v) is 1.97. The summed E-state index contributed by atoms with van der Waals surface area (Å²) in [5.74, 6) is -0.785. The number of aromatic carboxylic acids is 1. The fraction of sp³-hybridized carbons (Fsp3) is 0.167. The molecule has 0 aliphatic carbocycles. The van der Waals surface area contributed by atoms with Crippen molar-refractivity contribution in [2.75, 3.05) is 7.11 Å². The minimum absolute atomic E-state index is 0.0949. The van der Waals surface area contributed by atoms with Crippen molar-refractivity contribution in [3.8, 4) is 5.75 Å². The molecule has 0 spiro atoms. The smallest absolute Gasteiger partial charge is 0.340 e. The van der Waals surface area contributed by atoms with E-state index >= 15 is 0 Å². The molecule has 0 amide bonds. The van der Waals surface area contributed by atoms with Gasteiger partial charge in [0.25, 0.3) is 0 Å². The first-order chi connectivity index (χ1) is 8.04. The number of ether oxygens (including phenoxy) is 1. The highest BCUT2D eigenvalue weighted by atomic mass is 35.5. The second-order valence-electron chi connectivity index (χ2n) is 3.57. The maximum absolute atomic E-state index is 11.3. The van der Waals surface area contributed by atoms with Crippen LogP contribution in [-0.4, -0.2) is 23.2 Å². The summed E-state index contributed by atoms with van der Waals surface area (Å²) in [6, 6.07) is 4.94. The number of halogens is 1. The van der Waals surface area contributed by atoms with E-state index in [-0.39, 0.29) is 11.3 Å². The molecule has 0 fully saturated rings. The number of benzene rings is 1. The summed E-state index contributed by atoms with van der Waals surface area (Å²) >= 11 is 5.87. The van der Waals surface area contributed by atoms with Crippen LogP contribution in [0, 0.1) is 6.92 Å². The Bertz CT molecular complexity index is 610. The Morgan fingerprint density at radius 2 is 2.18 bits per heavy atom. The van der Waals surface area contributed by atoms with Gasteiger partial charge in [0.1, 0.15) is 5.56 Å². The average molecular weight is 252 g/mol. The number of hydrogen-bond acceptors (Lipinski definition) is 3. The molecule has 5 heteroatoms. The third kappa shape index (κ3) is 1.91. The van der Waals surface area contributed by atoms with Gasteiger partial charge in [-0.25, -0.2) is 9.78 Å². The Balaban J connectivity index is 2.94. The Labute approximate surface area is 103 Å². The standard InChI is InChI=1S/C12H10ClNO3/c1-6-11(17-2)10(12(15)16)8-5-7(13)3-4-9(8)14-6/h3-5H,1-2H3,(H,15,16). The Morgan fingerprint density at radius 3 is 2.76 bits per heavy atom. The van der Waals surface area contributed by atoms with Crippen molar-refractivity contribution in [1.82, 2.24) is 4.98 Å². The average Bonchev–Trinajstić information content (AvgIpc) is 2.27. The zero-order chi connectivity index (χ0) is 12.6. The fourth-order valence-electron chi connectivity index (χ4n) is 1.80. The molecule has 1 heterocycles. The van der Waals surface area contributed by atoms with E-state index in [1.54, 1.807) is 25.1 Å². The topological polar surface area (TPSA) is 59.4 Å². The molecule has 0 bridgehead atoms. The lowest BCUT2D eigenvalue weighted by Crippen LogP contribution is -2.05. The lowest BCUT2D eigenvalue weighted by Gasteiger charge is -2.11. The molecule has 1 aromatic carbocycles. The number of carbonyl (C=O) groups is 1. The first-order valence-electron chi connectivity index (χ1n) is 4.91. The number of fused-ring (bicyclic) bond motifs is 1. The number of carboxylic acids is 1. The number of aryl methyl sites for hydroxylation is 1. The SMILES string of the molecule is COc1c(C)nc2ccc(Cl)cc2c1C(=O)O. The molecule has 2 rings (SSSR count). The van der Waals surface area contributed by atoms with E-state index in [2.05, 4.69) is 4.98 Å². The van der Waals surface area contributed by atoms with Gasteiger partial charge >= 0.3 is 5.97 Å². The van der Waals surface area contributed by atoms with Gasteiger partial charge in [-0.05, 0) is 25.1 Å². The van der Waals surface area contributed by atoms with Crippen LogP contribution in [0.15, 0.2) is 18.2 Å². The van der Waals surface area contributed by atoms with Crippen LogP contribution in [0.2, 0.25) is 5.02 Å². The van der Waals surface area contributed by atoms with E-state index in [1.165, 1.54) is 7.11 Å². The summed E-state index contributed by atoms with van der Waals surface area (Å²) in [7, 11) is 1.42. The number of pyridine rings is 1. The molecule has 1 aromatic heterocycles. The number of aromatic nitrogens is 1. The van der Waals surface area contributed by atoms with Crippen molar-refractivity contribution < 1.29 is 14.6 Å². The number of methoxy groups -OCH3 is 1. The predicted molar refractivity (Wildman–Crippen MR) is 65.0 cm³/mol. The second-order valence-corrected chi connectivity index (χ2v) is 4.01. The summed E-state index contributed by atoms with van der Waals surface area (Å²) in [5, 5.41) is 10.2. The molecule has 0 saturated carbocycles. The van der Waals surface area contributed by atoms with Crippen molar-refractivity contribution in [2.24, 2.45) is 0 Å². The maximum Gasteiger partial charge on any atom is 0.340 e. The summed E-state index contributed by atoms with van der Waals surface area (Å²) in [5.41, 5.74) is 1.22. The van der Waals surface area contributed by atoms with Crippen LogP contribution >= 0.6 is 11.6 Å². The monoisotopic (exact) mass is 251 g/mol.